The molecule has 0 amide bonds. The zero-order valence-electron chi connectivity index (χ0n) is 12.0. The van der Waals surface area contributed by atoms with Crippen molar-refractivity contribution < 1.29 is 0 Å². The highest BCUT2D eigenvalue weighted by molar-refractivity contribution is 7.11. The van der Waals surface area contributed by atoms with Gasteiger partial charge in [0.05, 0.1) is 0 Å². The molecule has 1 N–H and O–H groups in total. The summed E-state index contributed by atoms with van der Waals surface area (Å²) in [5.41, 5.74) is 0.400. The maximum absolute atomic E-state index is 3.62. The van der Waals surface area contributed by atoms with Gasteiger partial charge in [-0.2, -0.15) is 0 Å². The van der Waals surface area contributed by atoms with Crippen LogP contribution < -0.4 is 5.32 Å². The Labute approximate surface area is 111 Å². The predicted molar refractivity (Wildman–Crippen MR) is 78.9 cm³/mol. The first kappa shape index (κ1) is 14.7. The number of hydrogen-bond donors (Lipinski definition) is 1. The molecule has 0 aliphatic heterocycles. The van der Waals surface area contributed by atoms with Crippen molar-refractivity contribution in [2.45, 2.75) is 59.9 Å². The van der Waals surface area contributed by atoms with E-state index in [0.717, 1.165) is 13.0 Å². The second-order valence-electron chi connectivity index (χ2n) is 5.95. The fourth-order valence-corrected chi connectivity index (χ4v) is 3.25. The summed E-state index contributed by atoms with van der Waals surface area (Å²) in [6.07, 6.45) is 3.58. The van der Waals surface area contributed by atoms with Gasteiger partial charge in [-0.05, 0) is 43.4 Å². The summed E-state index contributed by atoms with van der Waals surface area (Å²) in [6.45, 7) is 12.5. The number of likely N-dealkylation sites (N-methyl/N-ethyl adjacent to an activating group) is 1. The maximum atomic E-state index is 3.62. The van der Waals surface area contributed by atoms with Gasteiger partial charge < -0.3 is 5.32 Å². The van der Waals surface area contributed by atoms with Gasteiger partial charge in [0.15, 0.2) is 0 Å². The third kappa shape index (κ3) is 5.69. The second kappa shape index (κ2) is 6.55. The monoisotopic (exact) mass is 253 g/mol. The van der Waals surface area contributed by atoms with Gasteiger partial charge in [0.2, 0.25) is 0 Å². The van der Waals surface area contributed by atoms with Crippen LogP contribution >= 0.6 is 11.3 Å². The molecule has 0 spiro atoms. The molecule has 0 aromatic carbocycles. The first-order valence-electron chi connectivity index (χ1n) is 6.75. The van der Waals surface area contributed by atoms with Crippen LogP contribution in [0.4, 0.5) is 0 Å². The maximum Gasteiger partial charge on any atom is 0.0120 e. The first-order chi connectivity index (χ1) is 7.94. The molecule has 0 fully saturated rings. The average Bonchev–Trinajstić information content (AvgIpc) is 2.63. The lowest BCUT2D eigenvalue weighted by Crippen LogP contribution is -2.34. The molecule has 1 nitrogen and oxygen atoms in total. The fourth-order valence-electron chi connectivity index (χ4n) is 2.21. The van der Waals surface area contributed by atoms with E-state index in [2.05, 4.69) is 52.1 Å². The van der Waals surface area contributed by atoms with Gasteiger partial charge in [-0.3, -0.25) is 0 Å². The molecule has 17 heavy (non-hydrogen) atoms. The van der Waals surface area contributed by atoms with Gasteiger partial charge in [0, 0.05) is 15.8 Å². The van der Waals surface area contributed by atoms with Gasteiger partial charge in [-0.25, -0.2) is 0 Å². The molecule has 0 aliphatic rings. The Hall–Kier alpha value is -0.340. The molecule has 1 rings (SSSR count). The van der Waals surface area contributed by atoms with Crippen LogP contribution in [0.15, 0.2) is 12.1 Å². The fraction of sp³-hybridized carbons (Fsp3) is 0.733. The van der Waals surface area contributed by atoms with Crippen LogP contribution in [-0.4, -0.2) is 12.6 Å². The molecule has 0 bridgehead atoms. The SMILES string of the molecule is CCNC(Cc1ccc(CC)s1)CC(C)(C)C. The summed E-state index contributed by atoms with van der Waals surface area (Å²) in [5, 5.41) is 3.62. The molecule has 1 unspecified atom stereocenters. The molecule has 1 atom stereocenters. The van der Waals surface area contributed by atoms with Crippen molar-refractivity contribution in [2.75, 3.05) is 6.54 Å². The lowest BCUT2D eigenvalue weighted by molar-refractivity contribution is 0.310. The quantitative estimate of drug-likeness (QED) is 0.798. The molecule has 0 radical (unpaired) electrons. The van der Waals surface area contributed by atoms with Crippen LogP contribution in [0.2, 0.25) is 0 Å². The third-order valence-corrected chi connectivity index (χ3v) is 4.12. The average molecular weight is 253 g/mol. The molecule has 1 heterocycles. The summed E-state index contributed by atoms with van der Waals surface area (Å²) in [6, 6.07) is 5.19. The van der Waals surface area contributed by atoms with Crippen molar-refractivity contribution >= 4 is 11.3 Å². The van der Waals surface area contributed by atoms with Crippen molar-refractivity contribution in [3.63, 3.8) is 0 Å². The second-order valence-corrected chi connectivity index (χ2v) is 7.20. The minimum atomic E-state index is 0.400. The zero-order chi connectivity index (χ0) is 12.9. The minimum Gasteiger partial charge on any atom is -0.314 e. The Balaban J connectivity index is 2.59. The molecule has 0 saturated heterocycles. The number of nitrogens with one attached hydrogen (secondary N) is 1. The van der Waals surface area contributed by atoms with E-state index in [9.17, 15) is 0 Å². The number of hydrogen-bond acceptors (Lipinski definition) is 2. The normalized spacial score (nSPS) is 13.9. The largest absolute Gasteiger partial charge is 0.314 e. The van der Waals surface area contributed by atoms with E-state index in [1.807, 2.05) is 11.3 Å². The van der Waals surface area contributed by atoms with E-state index in [-0.39, 0.29) is 0 Å². The third-order valence-electron chi connectivity index (χ3n) is 2.86. The van der Waals surface area contributed by atoms with E-state index < -0.39 is 0 Å². The van der Waals surface area contributed by atoms with E-state index >= 15 is 0 Å². The highest BCUT2D eigenvalue weighted by Gasteiger charge is 2.18. The van der Waals surface area contributed by atoms with Crippen LogP contribution in [-0.2, 0) is 12.8 Å². The summed E-state index contributed by atoms with van der Waals surface area (Å²) < 4.78 is 0. The Bertz CT molecular complexity index is 322. The number of aryl methyl sites for hydroxylation is 1. The first-order valence-corrected chi connectivity index (χ1v) is 7.57. The van der Waals surface area contributed by atoms with Crippen molar-refractivity contribution in [3.8, 4) is 0 Å². The summed E-state index contributed by atoms with van der Waals surface area (Å²) >= 11 is 1.97. The molecule has 98 valence electrons. The van der Waals surface area contributed by atoms with Crippen LogP contribution in [0.5, 0.6) is 0 Å². The van der Waals surface area contributed by atoms with Gasteiger partial charge in [-0.1, -0.05) is 34.6 Å². The molecular formula is C15H27NS. The van der Waals surface area contributed by atoms with Gasteiger partial charge in [0.25, 0.3) is 0 Å². The molecule has 1 aromatic heterocycles. The standard InChI is InChI=1S/C15H27NS/c1-6-13-8-9-14(17-13)10-12(16-7-2)11-15(3,4)5/h8-9,12,16H,6-7,10-11H2,1-5H3. The molecule has 1 aromatic rings. The van der Waals surface area contributed by atoms with Gasteiger partial charge >= 0.3 is 0 Å². The van der Waals surface area contributed by atoms with Crippen LogP contribution in [0, 0.1) is 5.41 Å². The molecule has 2 heteroatoms. The number of rotatable bonds is 6. The summed E-state index contributed by atoms with van der Waals surface area (Å²) in [5.74, 6) is 0. The van der Waals surface area contributed by atoms with Crippen molar-refractivity contribution in [3.05, 3.63) is 21.9 Å². The van der Waals surface area contributed by atoms with Crippen molar-refractivity contribution in [1.29, 1.82) is 0 Å². The summed E-state index contributed by atoms with van der Waals surface area (Å²) in [7, 11) is 0. The summed E-state index contributed by atoms with van der Waals surface area (Å²) in [4.78, 5) is 3.03. The minimum absolute atomic E-state index is 0.400. The van der Waals surface area contributed by atoms with Gasteiger partial charge in [0.1, 0.15) is 0 Å². The van der Waals surface area contributed by atoms with E-state index in [4.69, 9.17) is 0 Å². The van der Waals surface area contributed by atoms with Crippen molar-refractivity contribution in [2.24, 2.45) is 5.41 Å². The van der Waals surface area contributed by atoms with Crippen molar-refractivity contribution in [1.82, 2.24) is 5.32 Å². The zero-order valence-corrected chi connectivity index (χ0v) is 12.8. The number of thiophene rings is 1. The Morgan fingerprint density at radius 3 is 2.29 bits per heavy atom. The van der Waals surface area contributed by atoms with Crippen LogP contribution in [0.25, 0.3) is 0 Å². The highest BCUT2D eigenvalue weighted by Crippen LogP contribution is 2.25. The molecular weight excluding hydrogens is 226 g/mol. The van der Waals surface area contributed by atoms with E-state index in [0.29, 0.717) is 11.5 Å². The van der Waals surface area contributed by atoms with Gasteiger partial charge in [-0.15, -0.1) is 11.3 Å². The van der Waals surface area contributed by atoms with Crippen LogP contribution in [0.3, 0.4) is 0 Å². The Kier molecular flexibility index (Phi) is 5.68. The topological polar surface area (TPSA) is 12.0 Å². The smallest absolute Gasteiger partial charge is 0.0120 e. The predicted octanol–water partition coefficient (Wildman–Crippen LogP) is 4.27. The Morgan fingerprint density at radius 1 is 1.18 bits per heavy atom. The van der Waals surface area contributed by atoms with E-state index in [1.165, 1.54) is 22.6 Å². The lowest BCUT2D eigenvalue weighted by atomic mass is 9.87. The Morgan fingerprint density at radius 2 is 1.82 bits per heavy atom. The molecule has 0 aliphatic carbocycles. The highest BCUT2D eigenvalue weighted by atomic mass is 32.1. The van der Waals surface area contributed by atoms with E-state index in [1.54, 1.807) is 0 Å². The van der Waals surface area contributed by atoms with Crippen LogP contribution in [0.1, 0.15) is 50.8 Å². The molecule has 0 saturated carbocycles. The lowest BCUT2D eigenvalue weighted by Gasteiger charge is -2.26.